The SMILES string of the molecule is CC(NC(=O)NCC(O)C(=O)O)c1cccc(Br)c1. The Kier molecular flexibility index (Phi) is 5.78. The highest BCUT2D eigenvalue weighted by molar-refractivity contribution is 9.10. The number of aliphatic hydroxyl groups is 1. The van der Waals surface area contributed by atoms with Gasteiger partial charge in [-0.1, -0.05) is 28.1 Å². The van der Waals surface area contributed by atoms with E-state index in [0.29, 0.717) is 0 Å². The molecule has 104 valence electrons. The van der Waals surface area contributed by atoms with Crippen LogP contribution in [0.5, 0.6) is 0 Å². The van der Waals surface area contributed by atoms with Crippen molar-refractivity contribution in [2.45, 2.75) is 19.1 Å². The molecule has 0 aromatic heterocycles. The van der Waals surface area contributed by atoms with Gasteiger partial charge in [-0.25, -0.2) is 9.59 Å². The van der Waals surface area contributed by atoms with Crippen LogP contribution in [-0.4, -0.2) is 34.9 Å². The van der Waals surface area contributed by atoms with E-state index in [2.05, 4.69) is 26.6 Å². The van der Waals surface area contributed by atoms with Gasteiger partial charge in [0.25, 0.3) is 0 Å². The second-order valence-electron chi connectivity index (χ2n) is 3.99. The summed E-state index contributed by atoms with van der Waals surface area (Å²) in [5.74, 6) is -1.37. The predicted molar refractivity (Wildman–Crippen MR) is 72.7 cm³/mol. The fourth-order valence-electron chi connectivity index (χ4n) is 1.38. The van der Waals surface area contributed by atoms with E-state index in [1.165, 1.54) is 0 Å². The summed E-state index contributed by atoms with van der Waals surface area (Å²) in [6.07, 6.45) is -1.60. The van der Waals surface area contributed by atoms with Gasteiger partial charge in [-0.15, -0.1) is 0 Å². The Bertz CT molecular complexity index is 467. The molecule has 0 radical (unpaired) electrons. The van der Waals surface area contributed by atoms with Crippen LogP contribution in [0, 0.1) is 0 Å². The zero-order valence-corrected chi connectivity index (χ0v) is 11.8. The number of aliphatic hydroxyl groups excluding tert-OH is 1. The van der Waals surface area contributed by atoms with Gasteiger partial charge in [-0.3, -0.25) is 0 Å². The summed E-state index contributed by atoms with van der Waals surface area (Å²) in [5.41, 5.74) is 0.906. The summed E-state index contributed by atoms with van der Waals surface area (Å²) in [6.45, 7) is 1.46. The number of carboxylic acid groups (broad SMARTS) is 1. The molecule has 7 heteroatoms. The summed E-state index contributed by atoms with van der Waals surface area (Å²) in [6, 6.07) is 6.69. The number of aliphatic carboxylic acids is 1. The number of hydrogen-bond donors (Lipinski definition) is 4. The van der Waals surface area contributed by atoms with Gasteiger partial charge in [-0.2, -0.15) is 0 Å². The maximum atomic E-state index is 11.5. The van der Waals surface area contributed by atoms with E-state index in [1.807, 2.05) is 24.3 Å². The van der Waals surface area contributed by atoms with Crippen LogP contribution in [0.25, 0.3) is 0 Å². The van der Waals surface area contributed by atoms with Crippen LogP contribution in [0.15, 0.2) is 28.7 Å². The maximum absolute atomic E-state index is 11.5. The molecule has 0 heterocycles. The molecule has 2 unspecified atom stereocenters. The Morgan fingerprint density at radius 1 is 1.42 bits per heavy atom. The first-order valence-electron chi connectivity index (χ1n) is 5.61. The van der Waals surface area contributed by atoms with Gasteiger partial charge >= 0.3 is 12.0 Å². The Balaban J connectivity index is 2.46. The van der Waals surface area contributed by atoms with Crippen molar-refractivity contribution in [2.75, 3.05) is 6.54 Å². The fraction of sp³-hybridized carbons (Fsp3) is 0.333. The van der Waals surface area contributed by atoms with Crippen molar-refractivity contribution in [2.24, 2.45) is 0 Å². The molecule has 6 nitrogen and oxygen atoms in total. The quantitative estimate of drug-likeness (QED) is 0.653. The smallest absolute Gasteiger partial charge is 0.334 e. The molecule has 0 fully saturated rings. The van der Waals surface area contributed by atoms with E-state index in [0.717, 1.165) is 10.0 Å². The normalized spacial score (nSPS) is 13.4. The minimum atomic E-state index is -1.60. The molecule has 0 spiro atoms. The van der Waals surface area contributed by atoms with E-state index in [1.54, 1.807) is 6.92 Å². The number of rotatable bonds is 5. The molecule has 1 aromatic rings. The summed E-state index contributed by atoms with van der Waals surface area (Å²) < 4.78 is 0.903. The van der Waals surface area contributed by atoms with E-state index in [4.69, 9.17) is 10.2 Å². The highest BCUT2D eigenvalue weighted by Gasteiger charge is 2.15. The molecule has 2 atom stereocenters. The van der Waals surface area contributed by atoms with Crippen molar-refractivity contribution in [3.05, 3.63) is 34.3 Å². The number of benzene rings is 1. The van der Waals surface area contributed by atoms with E-state index in [-0.39, 0.29) is 12.6 Å². The van der Waals surface area contributed by atoms with Crippen molar-refractivity contribution >= 4 is 27.9 Å². The van der Waals surface area contributed by atoms with Crippen LogP contribution in [-0.2, 0) is 4.79 Å². The van der Waals surface area contributed by atoms with Crippen LogP contribution in [0.4, 0.5) is 4.79 Å². The van der Waals surface area contributed by atoms with Gasteiger partial charge in [-0.05, 0) is 24.6 Å². The van der Waals surface area contributed by atoms with Crippen molar-refractivity contribution in [1.82, 2.24) is 10.6 Å². The van der Waals surface area contributed by atoms with Crippen molar-refractivity contribution < 1.29 is 19.8 Å². The standard InChI is InChI=1S/C12H15BrN2O4/c1-7(8-3-2-4-9(13)5-8)15-12(19)14-6-10(16)11(17)18/h2-5,7,10,16H,6H2,1H3,(H,17,18)(H2,14,15,19). The van der Waals surface area contributed by atoms with E-state index < -0.39 is 18.1 Å². The molecule has 0 saturated heterocycles. The highest BCUT2D eigenvalue weighted by atomic mass is 79.9. The average Bonchev–Trinajstić information content (AvgIpc) is 2.35. The molecular formula is C12H15BrN2O4. The summed E-state index contributed by atoms with van der Waals surface area (Å²) in [7, 11) is 0. The van der Waals surface area contributed by atoms with Crippen LogP contribution in [0.1, 0.15) is 18.5 Å². The number of hydrogen-bond acceptors (Lipinski definition) is 3. The van der Waals surface area contributed by atoms with Gasteiger partial charge in [0, 0.05) is 4.47 Å². The molecule has 0 aliphatic rings. The summed E-state index contributed by atoms with van der Waals surface area (Å²) >= 11 is 3.34. The lowest BCUT2D eigenvalue weighted by Gasteiger charge is -2.16. The highest BCUT2D eigenvalue weighted by Crippen LogP contribution is 2.17. The van der Waals surface area contributed by atoms with E-state index >= 15 is 0 Å². The lowest BCUT2D eigenvalue weighted by atomic mass is 10.1. The first-order chi connectivity index (χ1) is 8.90. The Morgan fingerprint density at radius 2 is 2.11 bits per heavy atom. The second kappa shape index (κ2) is 7.10. The average molecular weight is 331 g/mol. The number of carbonyl (C=O) groups is 2. The lowest BCUT2D eigenvalue weighted by molar-refractivity contribution is -0.146. The van der Waals surface area contributed by atoms with Gasteiger partial charge in [0.2, 0.25) is 0 Å². The largest absolute Gasteiger partial charge is 0.479 e. The number of carboxylic acids is 1. The van der Waals surface area contributed by atoms with Gasteiger partial charge in [0.15, 0.2) is 6.10 Å². The molecule has 1 aromatic carbocycles. The topological polar surface area (TPSA) is 98.7 Å². The Hall–Kier alpha value is -1.60. The lowest BCUT2D eigenvalue weighted by Crippen LogP contribution is -2.42. The molecule has 0 aliphatic carbocycles. The third-order valence-corrected chi connectivity index (χ3v) is 2.93. The predicted octanol–water partition coefficient (Wildman–Crippen LogP) is 1.25. The first kappa shape index (κ1) is 15.5. The maximum Gasteiger partial charge on any atom is 0.334 e. The molecule has 19 heavy (non-hydrogen) atoms. The first-order valence-corrected chi connectivity index (χ1v) is 6.40. The van der Waals surface area contributed by atoms with Gasteiger partial charge in [0.1, 0.15) is 0 Å². The Morgan fingerprint density at radius 3 is 2.68 bits per heavy atom. The second-order valence-corrected chi connectivity index (χ2v) is 4.90. The number of halogens is 1. The number of amides is 2. The zero-order chi connectivity index (χ0) is 14.4. The minimum Gasteiger partial charge on any atom is -0.479 e. The number of carbonyl (C=O) groups excluding carboxylic acids is 1. The number of urea groups is 1. The molecule has 0 bridgehead atoms. The van der Waals surface area contributed by atoms with Crippen LogP contribution < -0.4 is 10.6 Å². The van der Waals surface area contributed by atoms with Gasteiger partial charge < -0.3 is 20.8 Å². The molecular weight excluding hydrogens is 316 g/mol. The van der Waals surface area contributed by atoms with Crippen LogP contribution in [0.2, 0.25) is 0 Å². The third kappa shape index (κ3) is 5.27. The monoisotopic (exact) mass is 330 g/mol. The van der Waals surface area contributed by atoms with E-state index in [9.17, 15) is 9.59 Å². The fourth-order valence-corrected chi connectivity index (χ4v) is 1.80. The molecule has 0 saturated carbocycles. The van der Waals surface area contributed by atoms with Crippen LogP contribution in [0.3, 0.4) is 0 Å². The third-order valence-electron chi connectivity index (χ3n) is 2.44. The van der Waals surface area contributed by atoms with Crippen molar-refractivity contribution in [3.8, 4) is 0 Å². The van der Waals surface area contributed by atoms with Crippen LogP contribution >= 0.6 is 15.9 Å². The molecule has 0 aliphatic heterocycles. The van der Waals surface area contributed by atoms with Gasteiger partial charge in [0.05, 0.1) is 12.6 Å². The Labute approximate surface area is 118 Å². The molecule has 4 N–H and O–H groups in total. The number of nitrogens with one attached hydrogen (secondary N) is 2. The van der Waals surface area contributed by atoms with Crippen molar-refractivity contribution in [1.29, 1.82) is 0 Å². The van der Waals surface area contributed by atoms with Crippen molar-refractivity contribution in [3.63, 3.8) is 0 Å². The summed E-state index contributed by atoms with van der Waals surface area (Å²) in [5, 5.41) is 22.4. The molecule has 1 rings (SSSR count). The molecule has 2 amide bonds. The summed E-state index contributed by atoms with van der Waals surface area (Å²) in [4.78, 5) is 21.9. The zero-order valence-electron chi connectivity index (χ0n) is 10.3. The minimum absolute atomic E-state index is 0.237.